The number of nitrogens with one attached hydrogen (secondary N) is 2. The van der Waals surface area contributed by atoms with Crippen LogP contribution >= 0.6 is 0 Å². The Kier molecular flexibility index (Phi) is 5.07. The highest BCUT2D eigenvalue weighted by Gasteiger charge is 2.43. The number of aryl methyl sites for hydroxylation is 3. The van der Waals surface area contributed by atoms with Crippen LogP contribution in [0.4, 0.5) is 5.82 Å². The highest BCUT2D eigenvalue weighted by Crippen LogP contribution is 2.47. The molecule has 0 bridgehead atoms. The zero-order valence-electron chi connectivity index (χ0n) is 19.0. The topological polar surface area (TPSA) is 88.9 Å². The first kappa shape index (κ1) is 21.0. The third-order valence-electron chi connectivity index (χ3n) is 6.00. The van der Waals surface area contributed by atoms with Gasteiger partial charge in [-0.2, -0.15) is 5.10 Å². The molecule has 7 heteroatoms. The maximum absolute atomic E-state index is 13.5. The predicted octanol–water partition coefficient (Wildman–Crippen LogP) is 3.67. The largest absolute Gasteiger partial charge is 0.362 e. The van der Waals surface area contributed by atoms with Crippen molar-refractivity contribution in [3.63, 3.8) is 0 Å². The molecule has 1 amide bonds. The van der Waals surface area contributed by atoms with Gasteiger partial charge in [-0.15, -0.1) is 0 Å². The molecule has 1 aliphatic heterocycles. The Morgan fingerprint density at radius 2 is 2.00 bits per heavy atom. The molecule has 0 unspecified atom stereocenters. The van der Waals surface area contributed by atoms with Gasteiger partial charge in [0.25, 0.3) is 5.91 Å². The lowest BCUT2D eigenvalue weighted by molar-refractivity contribution is -0.118. The smallest absolute Gasteiger partial charge is 0.255 e. The van der Waals surface area contributed by atoms with Crippen molar-refractivity contribution < 1.29 is 9.59 Å². The summed E-state index contributed by atoms with van der Waals surface area (Å²) in [7, 11) is 1.85. The number of carbonyl (C=O) groups excluding carboxylic acids is 2. The van der Waals surface area contributed by atoms with Crippen molar-refractivity contribution in [2.24, 2.45) is 12.5 Å². The fourth-order valence-electron chi connectivity index (χ4n) is 4.74. The highest BCUT2D eigenvalue weighted by atomic mass is 16.2. The maximum atomic E-state index is 13.5. The van der Waals surface area contributed by atoms with E-state index in [1.165, 1.54) is 0 Å². The molecule has 0 radical (unpaired) electrons. The second-order valence-electron chi connectivity index (χ2n) is 9.45. The van der Waals surface area contributed by atoms with E-state index in [0.717, 1.165) is 34.6 Å². The van der Waals surface area contributed by atoms with Crippen molar-refractivity contribution in [1.82, 2.24) is 20.1 Å². The number of aromatic nitrogens is 3. The SMILES string of the molecule is CC1=C(C(=O)Nc2cc(C)ccn2)[C@H](c2cn(C)nc2C)C2=C(CC(C)(C)CC2=O)N1. The average Bonchev–Trinajstić information content (AvgIpc) is 2.97. The Labute approximate surface area is 182 Å². The minimum Gasteiger partial charge on any atom is -0.362 e. The molecular weight excluding hydrogens is 390 g/mol. The number of ketones is 1. The van der Waals surface area contributed by atoms with E-state index in [-0.39, 0.29) is 17.1 Å². The Morgan fingerprint density at radius 1 is 1.26 bits per heavy atom. The summed E-state index contributed by atoms with van der Waals surface area (Å²) >= 11 is 0. The summed E-state index contributed by atoms with van der Waals surface area (Å²) in [4.78, 5) is 31.1. The van der Waals surface area contributed by atoms with Crippen LogP contribution in [-0.2, 0) is 16.6 Å². The molecule has 162 valence electrons. The second kappa shape index (κ2) is 7.48. The third-order valence-corrected chi connectivity index (χ3v) is 6.00. The van der Waals surface area contributed by atoms with Crippen LogP contribution in [0.1, 0.15) is 56.4 Å². The molecule has 1 atom stereocenters. The van der Waals surface area contributed by atoms with Gasteiger partial charge in [-0.3, -0.25) is 14.3 Å². The molecule has 2 aromatic heterocycles. The van der Waals surface area contributed by atoms with Gasteiger partial charge in [-0.25, -0.2) is 4.98 Å². The maximum Gasteiger partial charge on any atom is 0.255 e. The minimum atomic E-state index is -0.460. The first-order valence-corrected chi connectivity index (χ1v) is 10.5. The van der Waals surface area contributed by atoms with E-state index in [1.54, 1.807) is 10.9 Å². The number of amides is 1. The van der Waals surface area contributed by atoms with Crippen LogP contribution in [0.2, 0.25) is 0 Å². The number of anilines is 1. The summed E-state index contributed by atoms with van der Waals surface area (Å²) in [5.41, 5.74) is 5.46. The van der Waals surface area contributed by atoms with Crippen LogP contribution in [0, 0.1) is 19.3 Å². The van der Waals surface area contributed by atoms with Crippen LogP contribution in [0.5, 0.6) is 0 Å². The Bertz CT molecular complexity index is 1150. The summed E-state index contributed by atoms with van der Waals surface area (Å²) in [6.45, 7) is 9.97. The molecule has 2 aromatic rings. The van der Waals surface area contributed by atoms with Crippen molar-refractivity contribution in [3.8, 4) is 0 Å². The Hall–Kier alpha value is -3.22. The van der Waals surface area contributed by atoms with Gasteiger partial charge in [-0.05, 0) is 50.3 Å². The van der Waals surface area contributed by atoms with E-state index >= 15 is 0 Å². The van der Waals surface area contributed by atoms with Crippen LogP contribution in [0.15, 0.2) is 47.1 Å². The van der Waals surface area contributed by atoms with Gasteiger partial charge in [0.05, 0.1) is 5.69 Å². The van der Waals surface area contributed by atoms with E-state index in [2.05, 4.69) is 34.6 Å². The highest BCUT2D eigenvalue weighted by molar-refractivity contribution is 6.09. The molecule has 0 spiro atoms. The summed E-state index contributed by atoms with van der Waals surface area (Å²) in [6, 6.07) is 3.71. The quantitative estimate of drug-likeness (QED) is 0.792. The van der Waals surface area contributed by atoms with E-state index in [9.17, 15) is 9.59 Å². The minimum absolute atomic E-state index is 0.0819. The van der Waals surface area contributed by atoms with Gasteiger partial charge in [-0.1, -0.05) is 13.8 Å². The molecule has 0 saturated carbocycles. The monoisotopic (exact) mass is 419 g/mol. The molecule has 7 nitrogen and oxygen atoms in total. The van der Waals surface area contributed by atoms with Crippen molar-refractivity contribution in [2.45, 2.75) is 53.4 Å². The molecule has 31 heavy (non-hydrogen) atoms. The average molecular weight is 420 g/mol. The molecule has 0 fully saturated rings. The molecular formula is C24H29N5O2. The molecule has 3 heterocycles. The van der Waals surface area contributed by atoms with Crippen molar-refractivity contribution in [2.75, 3.05) is 5.32 Å². The number of hydrogen-bond donors (Lipinski definition) is 2. The van der Waals surface area contributed by atoms with Crippen LogP contribution in [-0.4, -0.2) is 26.5 Å². The molecule has 0 saturated heterocycles. The van der Waals surface area contributed by atoms with E-state index in [1.807, 2.05) is 46.1 Å². The first-order chi connectivity index (χ1) is 14.6. The standard InChI is InChI=1S/C24H29N5O2/c1-13-7-8-25-19(9-13)27-23(31)20-15(3)26-17-10-24(4,5)11-18(30)22(17)21(20)16-12-29(6)28-14(16)2/h7-9,12,21,26H,10-11H2,1-6H3,(H,25,27,31)/t21-/m0/s1. The number of pyridine rings is 1. The van der Waals surface area contributed by atoms with Gasteiger partial charge in [0, 0.05) is 59.9 Å². The summed E-state index contributed by atoms with van der Waals surface area (Å²) in [5.74, 6) is -0.153. The predicted molar refractivity (Wildman–Crippen MR) is 119 cm³/mol. The van der Waals surface area contributed by atoms with Gasteiger partial charge >= 0.3 is 0 Å². The number of carbonyl (C=O) groups is 2. The van der Waals surface area contributed by atoms with E-state index in [4.69, 9.17) is 0 Å². The molecule has 2 N–H and O–H groups in total. The molecule has 4 rings (SSSR count). The Balaban J connectivity index is 1.82. The van der Waals surface area contributed by atoms with Crippen molar-refractivity contribution >= 4 is 17.5 Å². The fourth-order valence-corrected chi connectivity index (χ4v) is 4.74. The summed E-state index contributed by atoms with van der Waals surface area (Å²) in [6.07, 6.45) is 4.79. The second-order valence-corrected chi connectivity index (χ2v) is 9.45. The van der Waals surface area contributed by atoms with E-state index < -0.39 is 5.92 Å². The molecule has 1 aliphatic carbocycles. The van der Waals surface area contributed by atoms with Gasteiger partial charge in [0.1, 0.15) is 5.82 Å². The number of Topliss-reactive ketones (excluding diaryl/α,β-unsaturated/α-hetero) is 1. The first-order valence-electron chi connectivity index (χ1n) is 10.5. The molecule has 2 aliphatic rings. The lowest BCUT2D eigenvalue weighted by atomic mass is 9.68. The number of allylic oxidation sites excluding steroid dienone is 3. The van der Waals surface area contributed by atoms with Crippen molar-refractivity contribution in [3.05, 3.63) is 63.9 Å². The number of rotatable bonds is 3. The number of nitrogens with zero attached hydrogens (tertiary/aromatic N) is 3. The zero-order valence-corrected chi connectivity index (χ0v) is 19.0. The summed E-state index contributed by atoms with van der Waals surface area (Å²) in [5, 5.41) is 10.8. The van der Waals surface area contributed by atoms with Crippen LogP contribution in [0.3, 0.4) is 0 Å². The van der Waals surface area contributed by atoms with Crippen LogP contribution in [0.25, 0.3) is 0 Å². The number of dihydropyridines is 1. The lowest BCUT2D eigenvalue weighted by Crippen LogP contribution is -2.39. The summed E-state index contributed by atoms with van der Waals surface area (Å²) < 4.78 is 1.73. The van der Waals surface area contributed by atoms with E-state index in [0.29, 0.717) is 23.4 Å². The molecule has 0 aromatic carbocycles. The van der Waals surface area contributed by atoms with Gasteiger partial charge < -0.3 is 10.6 Å². The van der Waals surface area contributed by atoms with Gasteiger partial charge in [0.2, 0.25) is 0 Å². The lowest BCUT2D eigenvalue weighted by Gasteiger charge is -2.39. The third kappa shape index (κ3) is 3.92. The zero-order chi connectivity index (χ0) is 22.5. The Morgan fingerprint density at radius 3 is 2.65 bits per heavy atom. The van der Waals surface area contributed by atoms with Crippen LogP contribution < -0.4 is 10.6 Å². The van der Waals surface area contributed by atoms with Crippen molar-refractivity contribution in [1.29, 1.82) is 0 Å². The normalized spacial score (nSPS) is 20.5. The van der Waals surface area contributed by atoms with Gasteiger partial charge in [0.15, 0.2) is 5.78 Å². The fraction of sp³-hybridized carbons (Fsp3) is 0.417. The number of hydrogen-bond acceptors (Lipinski definition) is 5.